The van der Waals surface area contributed by atoms with Crippen LogP contribution >= 0.6 is 11.6 Å². The second-order valence-corrected chi connectivity index (χ2v) is 5.46. The van der Waals surface area contributed by atoms with Crippen LogP contribution in [0, 0.1) is 6.92 Å². The van der Waals surface area contributed by atoms with E-state index in [-0.39, 0.29) is 6.61 Å². The van der Waals surface area contributed by atoms with Crippen LogP contribution in [0.2, 0.25) is 5.02 Å². The Kier molecular flexibility index (Phi) is 4.49. The molecule has 2 rings (SSSR count). The van der Waals surface area contributed by atoms with Crippen LogP contribution in [0.3, 0.4) is 0 Å². The smallest absolute Gasteiger partial charge is 0.0558 e. The van der Waals surface area contributed by atoms with Crippen molar-refractivity contribution >= 4 is 17.3 Å². The molecule has 1 aromatic rings. The van der Waals surface area contributed by atoms with Gasteiger partial charge in [0, 0.05) is 36.4 Å². The summed E-state index contributed by atoms with van der Waals surface area (Å²) in [5.41, 5.74) is 2.51. The zero-order valence-corrected chi connectivity index (χ0v) is 11.8. The molecule has 0 aromatic heterocycles. The maximum absolute atomic E-state index is 8.98. The first-order valence-corrected chi connectivity index (χ1v) is 6.82. The standard InChI is InChI=1S/C14H21ClN2O/c1-11-9-12(15)3-4-14(11)17-6-5-13(10-17)16(2)7-8-18/h3-4,9,13,18H,5-8,10H2,1-2H3. The van der Waals surface area contributed by atoms with Crippen molar-refractivity contribution < 1.29 is 5.11 Å². The Hall–Kier alpha value is -0.770. The Morgan fingerprint density at radius 2 is 2.28 bits per heavy atom. The molecule has 1 saturated heterocycles. The predicted molar refractivity (Wildman–Crippen MR) is 76.5 cm³/mol. The predicted octanol–water partition coefficient (Wildman–Crippen LogP) is 2.15. The fourth-order valence-electron chi connectivity index (χ4n) is 2.63. The zero-order valence-electron chi connectivity index (χ0n) is 11.1. The molecule has 1 N–H and O–H groups in total. The summed E-state index contributed by atoms with van der Waals surface area (Å²) in [6, 6.07) is 6.61. The van der Waals surface area contributed by atoms with Crippen molar-refractivity contribution in [2.24, 2.45) is 0 Å². The van der Waals surface area contributed by atoms with Gasteiger partial charge in [-0.2, -0.15) is 0 Å². The highest BCUT2D eigenvalue weighted by molar-refractivity contribution is 6.30. The van der Waals surface area contributed by atoms with E-state index in [2.05, 4.69) is 29.8 Å². The molecule has 1 fully saturated rings. The summed E-state index contributed by atoms with van der Waals surface area (Å²) in [6.45, 7) is 5.18. The number of benzene rings is 1. The quantitative estimate of drug-likeness (QED) is 0.907. The highest BCUT2D eigenvalue weighted by atomic mass is 35.5. The summed E-state index contributed by atoms with van der Waals surface area (Å²) >= 11 is 5.99. The van der Waals surface area contributed by atoms with Gasteiger partial charge in [-0.25, -0.2) is 0 Å². The van der Waals surface area contributed by atoms with Crippen LogP contribution in [0.4, 0.5) is 5.69 Å². The molecule has 0 bridgehead atoms. The number of likely N-dealkylation sites (N-methyl/N-ethyl adjacent to an activating group) is 1. The van der Waals surface area contributed by atoms with Gasteiger partial charge in [-0.1, -0.05) is 11.6 Å². The number of aliphatic hydroxyl groups is 1. The first kappa shape index (κ1) is 13.7. The lowest BCUT2D eigenvalue weighted by molar-refractivity contribution is 0.188. The number of rotatable bonds is 4. The third kappa shape index (κ3) is 2.97. The highest BCUT2D eigenvalue weighted by Gasteiger charge is 2.26. The Morgan fingerprint density at radius 3 is 2.94 bits per heavy atom. The summed E-state index contributed by atoms with van der Waals surface area (Å²) < 4.78 is 0. The van der Waals surface area contributed by atoms with Gasteiger partial charge in [0.1, 0.15) is 0 Å². The van der Waals surface area contributed by atoms with Crippen LogP contribution in [0.1, 0.15) is 12.0 Å². The molecule has 1 aliphatic rings. The molecule has 1 heterocycles. The van der Waals surface area contributed by atoms with Gasteiger partial charge >= 0.3 is 0 Å². The lowest BCUT2D eigenvalue weighted by atomic mass is 10.2. The molecule has 1 aromatic carbocycles. The minimum atomic E-state index is 0.229. The van der Waals surface area contributed by atoms with Crippen molar-refractivity contribution in [1.29, 1.82) is 0 Å². The summed E-state index contributed by atoms with van der Waals surface area (Å²) in [6.07, 6.45) is 1.15. The number of hydrogen-bond acceptors (Lipinski definition) is 3. The maximum Gasteiger partial charge on any atom is 0.0558 e. The van der Waals surface area contributed by atoms with Crippen molar-refractivity contribution in [3.05, 3.63) is 28.8 Å². The van der Waals surface area contributed by atoms with Gasteiger partial charge in [0.05, 0.1) is 6.61 Å². The molecule has 1 unspecified atom stereocenters. The number of hydrogen-bond donors (Lipinski definition) is 1. The van der Waals surface area contributed by atoms with E-state index < -0.39 is 0 Å². The minimum Gasteiger partial charge on any atom is -0.395 e. The first-order valence-electron chi connectivity index (χ1n) is 6.44. The minimum absolute atomic E-state index is 0.229. The lowest BCUT2D eigenvalue weighted by Crippen LogP contribution is -2.36. The fraction of sp³-hybridized carbons (Fsp3) is 0.571. The molecule has 100 valence electrons. The Morgan fingerprint density at radius 1 is 1.50 bits per heavy atom. The van der Waals surface area contributed by atoms with Crippen molar-refractivity contribution in [3.63, 3.8) is 0 Å². The van der Waals surface area contributed by atoms with E-state index >= 15 is 0 Å². The molecule has 0 spiro atoms. The Balaban J connectivity index is 2.04. The van der Waals surface area contributed by atoms with Gasteiger partial charge in [-0.15, -0.1) is 0 Å². The first-order chi connectivity index (χ1) is 8.61. The molecule has 1 aliphatic heterocycles. The Labute approximate surface area is 114 Å². The molecule has 18 heavy (non-hydrogen) atoms. The molecule has 1 atom stereocenters. The summed E-state index contributed by atoms with van der Waals surface area (Å²) in [5, 5.41) is 9.78. The number of aliphatic hydroxyl groups excluding tert-OH is 1. The van der Waals surface area contributed by atoms with Crippen molar-refractivity contribution in [1.82, 2.24) is 4.90 Å². The van der Waals surface area contributed by atoms with Crippen LogP contribution in [-0.4, -0.2) is 49.3 Å². The molecule has 0 radical (unpaired) electrons. The van der Waals surface area contributed by atoms with Crippen LogP contribution in [-0.2, 0) is 0 Å². The molecule has 0 saturated carbocycles. The number of halogens is 1. The second kappa shape index (κ2) is 5.91. The van der Waals surface area contributed by atoms with E-state index in [0.717, 1.165) is 31.1 Å². The normalized spacial score (nSPS) is 19.8. The van der Waals surface area contributed by atoms with E-state index in [4.69, 9.17) is 16.7 Å². The van der Waals surface area contributed by atoms with Crippen LogP contribution < -0.4 is 4.90 Å². The van der Waals surface area contributed by atoms with Crippen molar-refractivity contribution in [2.75, 3.05) is 38.2 Å². The van der Waals surface area contributed by atoms with Crippen LogP contribution in [0.5, 0.6) is 0 Å². The second-order valence-electron chi connectivity index (χ2n) is 5.02. The van der Waals surface area contributed by atoms with Crippen LogP contribution in [0.15, 0.2) is 18.2 Å². The van der Waals surface area contributed by atoms with E-state index in [9.17, 15) is 0 Å². The topological polar surface area (TPSA) is 26.7 Å². The van der Waals surface area contributed by atoms with Gasteiger partial charge in [0.25, 0.3) is 0 Å². The number of anilines is 1. The average Bonchev–Trinajstić information content (AvgIpc) is 2.78. The lowest BCUT2D eigenvalue weighted by Gasteiger charge is -2.25. The van der Waals surface area contributed by atoms with E-state index in [1.807, 2.05) is 12.1 Å². The molecule has 0 aliphatic carbocycles. The van der Waals surface area contributed by atoms with Gasteiger partial charge in [0.15, 0.2) is 0 Å². The SMILES string of the molecule is Cc1cc(Cl)ccc1N1CCC(N(C)CCO)C1. The third-order valence-corrected chi connectivity index (χ3v) is 3.97. The molecule has 4 heteroatoms. The largest absolute Gasteiger partial charge is 0.395 e. The van der Waals surface area contributed by atoms with E-state index in [1.54, 1.807) is 0 Å². The number of aryl methyl sites for hydroxylation is 1. The molecule has 0 amide bonds. The van der Waals surface area contributed by atoms with Gasteiger partial charge in [-0.3, -0.25) is 4.90 Å². The van der Waals surface area contributed by atoms with E-state index in [0.29, 0.717) is 6.04 Å². The van der Waals surface area contributed by atoms with Crippen LogP contribution in [0.25, 0.3) is 0 Å². The summed E-state index contributed by atoms with van der Waals surface area (Å²) in [7, 11) is 2.08. The molecular formula is C14H21ClN2O. The van der Waals surface area contributed by atoms with Crippen molar-refractivity contribution in [3.8, 4) is 0 Å². The summed E-state index contributed by atoms with van der Waals surface area (Å²) in [4.78, 5) is 4.65. The highest BCUT2D eigenvalue weighted by Crippen LogP contribution is 2.27. The Bertz CT molecular complexity index is 411. The monoisotopic (exact) mass is 268 g/mol. The van der Waals surface area contributed by atoms with Gasteiger partial charge in [0.2, 0.25) is 0 Å². The fourth-order valence-corrected chi connectivity index (χ4v) is 2.86. The maximum atomic E-state index is 8.98. The summed E-state index contributed by atoms with van der Waals surface area (Å²) in [5.74, 6) is 0. The zero-order chi connectivity index (χ0) is 13.1. The van der Waals surface area contributed by atoms with Gasteiger partial charge in [-0.05, 0) is 44.2 Å². The van der Waals surface area contributed by atoms with Crippen molar-refractivity contribution in [2.45, 2.75) is 19.4 Å². The number of nitrogens with zero attached hydrogens (tertiary/aromatic N) is 2. The third-order valence-electron chi connectivity index (χ3n) is 3.74. The van der Waals surface area contributed by atoms with Gasteiger partial charge < -0.3 is 10.0 Å². The molecular weight excluding hydrogens is 248 g/mol. The average molecular weight is 269 g/mol. The molecule has 3 nitrogen and oxygen atoms in total. The van der Waals surface area contributed by atoms with E-state index in [1.165, 1.54) is 11.3 Å².